The molecule has 0 saturated heterocycles. The van der Waals surface area contributed by atoms with Crippen LogP contribution in [0.3, 0.4) is 0 Å². The number of anilines is 1. The third kappa shape index (κ3) is 5.30. The monoisotopic (exact) mass is 321 g/mol. The highest BCUT2D eigenvalue weighted by molar-refractivity contribution is 5.92. The third-order valence-electron chi connectivity index (χ3n) is 2.39. The van der Waals surface area contributed by atoms with Gasteiger partial charge in [0, 0.05) is 7.05 Å². The lowest BCUT2D eigenvalue weighted by atomic mass is 10.2. The number of pyridine rings is 1. The van der Waals surface area contributed by atoms with E-state index in [-0.39, 0.29) is 13.0 Å². The van der Waals surface area contributed by atoms with Crippen molar-refractivity contribution in [2.24, 2.45) is 0 Å². The topological polar surface area (TPSA) is 89.6 Å². The van der Waals surface area contributed by atoms with Gasteiger partial charge in [0.25, 0.3) is 0 Å². The molecule has 0 spiro atoms. The number of hydrogen-bond donors (Lipinski definition) is 2. The molecule has 0 radical (unpaired) electrons. The number of aromatic nitrogens is 1. The van der Waals surface area contributed by atoms with Crippen LogP contribution < -0.4 is 10.8 Å². The molecule has 0 unspecified atom stereocenters. The van der Waals surface area contributed by atoms with E-state index in [9.17, 15) is 22.8 Å². The largest absolute Gasteiger partial charge is 0.464 e. The predicted molar refractivity (Wildman–Crippen MR) is 68.8 cm³/mol. The molecule has 0 atom stereocenters. The predicted octanol–water partition coefficient (Wildman–Crippen LogP) is 1.37. The van der Waals surface area contributed by atoms with Crippen LogP contribution in [0.2, 0.25) is 0 Å². The van der Waals surface area contributed by atoms with Gasteiger partial charge in [-0.3, -0.25) is 4.79 Å². The summed E-state index contributed by atoms with van der Waals surface area (Å²) < 4.78 is 42.7. The lowest BCUT2D eigenvalue weighted by Crippen LogP contribution is -2.19. The van der Waals surface area contributed by atoms with Crippen molar-refractivity contribution in [3.8, 4) is 0 Å². The van der Waals surface area contributed by atoms with E-state index in [2.05, 4.69) is 20.5 Å². The summed E-state index contributed by atoms with van der Waals surface area (Å²) >= 11 is 0. The van der Waals surface area contributed by atoms with E-state index in [4.69, 9.17) is 4.84 Å². The van der Waals surface area contributed by atoms with E-state index < -0.39 is 35.1 Å². The Labute approximate surface area is 123 Å². The summed E-state index contributed by atoms with van der Waals surface area (Å²) in [6.45, 7) is 0.0190. The number of methoxy groups -OCH3 is 1. The molecule has 1 aromatic heterocycles. The second kappa shape index (κ2) is 7.71. The molecule has 1 heterocycles. The molecule has 10 heteroatoms. The number of amides is 1. The summed E-state index contributed by atoms with van der Waals surface area (Å²) in [5.74, 6) is -2.05. The van der Waals surface area contributed by atoms with Gasteiger partial charge in [0.1, 0.15) is 5.82 Å². The molecule has 2 N–H and O–H groups in total. The fourth-order valence-corrected chi connectivity index (χ4v) is 1.42. The highest BCUT2D eigenvalue weighted by Gasteiger charge is 2.32. The molecule has 0 saturated carbocycles. The number of halogens is 3. The number of rotatable bonds is 6. The Morgan fingerprint density at radius 2 is 2.00 bits per heavy atom. The van der Waals surface area contributed by atoms with Gasteiger partial charge in [-0.25, -0.2) is 15.3 Å². The second-order valence-corrected chi connectivity index (χ2v) is 3.97. The first kappa shape index (κ1) is 17.9. The minimum absolute atomic E-state index is 0.0190. The highest BCUT2D eigenvalue weighted by atomic mass is 19.4. The average Bonchev–Trinajstić information content (AvgIpc) is 2.45. The molecular formula is C12H14F3N3O4. The summed E-state index contributed by atoms with van der Waals surface area (Å²) in [5.41, 5.74) is 0.665. The van der Waals surface area contributed by atoms with Crippen LogP contribution in [-0.4, -0.2) is 37.6 Å². The Balaban J connectivity index is 2.98. The Morgan fingerprint density at radius 1 is 1.32 bits per heavy atom. The Hall–Kier alpha value is -2.20. The van der Waals surface area contributed by atoms with Crippen LogP contribution in [0.25, 0.3) is 0 Å². The number of alkyl halides is 3. The van der Waals surface area contributed by atoms with E-state index in [1.54, 1.807) is 0 Å². The maximum absolute atomic E-state index is 12.8. The molecule has 0 aliphatic rings. The molecule has 122 valence electrons. The van der Waals surface area contributed by atoms with Gasteiger partial charge < -0.3 is 14.9 Å². The molecule has 0 aliphatic carbocycles. The van der Waals surface area contributed by atoms with Crippen LogP contribution in [-0.2, 0) is 20.5 Å². The quantitative estimate of drug-likeness (QED) is 0.467. The molecule has 7 nitrogen and oxygen atoms in total. The molecule has 0 aromatic carbocycles. The van der Waals surface area contributed by atoms with Crippen molar-refractivity contribution in [3.05, 3.63) is 23.4 Å². The van der Waals surface area contributed by atoms with Gasteiger partial charge in [0.2, 0.25) is 5.91 Å². The molecule has 0 bridgehead atoms. The van der Waals surface area contributed by atoms with Crippen molar-refractivity contribution in [3.63, 3.8) is 0 Å². The summed E-state index contributed by atoms with van der Waals surface area (Å²) in [6.07, 6.45) is -4.80. The van der Waals surface area contributed by atoms with Crippen molar-refractivity contribution in [1.82, 2.24) is 10.5 Å². The van der Waals surface area contributed by atoms with Gasteiger partial charge in [-0.15, -0.1) is 0 Å². The third-order valence-corrected chi connectivity index (χ3v) is 2.39. The van der Waals surface area contributed by atoms with E-state index in [0.717, 1.165) is 7.11 Å². The van der Waals surface area contributed by atoms with Crippen LogP contribution in [0, 0.1) is 0 Å². The van der Waals surface area contributed by atoms with Crippen LogP contribution >= 0.6 is 0 Å². The van der Waals surface area contributed by atoms with Crippen molar-refractivity contribution in [1.29, 1.82) is 0 Å². The zero-order chi connectivity index (χ0) is 16.8. The minimum atomic E-state index is -4.69. The summed E-state index contributed by atoms with van der Waals surface area (Å²) in [4.78, 5) is 31.2. The summed E-state index contributed by atoms with van der Waals surface area (Å²) in [5, 5.41) is 2.17. The normalized spacial score (nSPS) is 11.1. The number of nitrogens with one attached hydrogen (secondary N) is 2. The molecule has 0 aliphatic heterocycles. The molecule has 0 fully saturated rings. The van der Waals surface area contributed by atoms with E-state index >= 15 is 0 Å². The van der Waals surface area contributed by atoms with Crippen LogP contribution in [0.5, 0.6) is 0 Å². The number of hydroxylamine groups is 1. The lowest BCUT2D eigenvalue weighted by molar-refractivity contribution is -0.137. The minimum Gasteiger partial charge on any atom is -0.464 e. The standard InChI is InChI=1S/C12H14F3N3O4/c1-16-22-4-3-10(19)18-9-6-7(12(13,14)15)5-8(17-9)11(20)21-2/h5-6,16H,3-4H2,1-2H3,(H,17,18,19). The van der Waals surface area contributed by atoms with Crippen LogP contribution in [0.1, 0.15) is 22.5 Å². The molecule has 1 aromatic rings. The number of ether oxygens (including phenoxy) is 1. The summed E-state index contributed by atoms with van der Waals surface area (Å²) in [7, 11) is 2.51. The zero-order valence-electron chi connectivity index (χ0n) is 11.8. The van der Waals surface area contributed by atoms with Crippen LogP contribution in [0.15, 0.2) is 12.1 Å². The van der Waals surface area contributed by atoms with Gasteiger partial charge in [0.15, 0.2) is 5.69 Å². The van der Waals surface area contributed by atoms with Crippen molar-refractivity contribution >= 4 is 17.7 Å². The number of esters is 1. The van der Waals surface area contributed by atoms with Gasteiger partial charge in [-0.2, -0.15) is 13.2 Å². The van der Waals surface area contributed by atoms with Crippen molar-refractivity contribution < 1.29 is 32.3 Å². The first-order valence-corrected chi connectivity index (χ1v) is 6.04. The van der Waals surface area contributed by atoms with Crippen molar-refractivity contribution in [2.45, 2.75) is 12.6 Å². The zero-order valence-corrected chi connectivity index (χ0v) is 11.8. The SMILES string of the molecule is CNOCCC(=O)Nc1cc(C(F)(F)F)cc(C(=O)OC)n1. The maximum atomic E-state index is 12.8. The Bertz CT molecular complexity index is 549. The van der Waals surface area contributed by atoms with E-state index in [1.165, 1.54) is 7.05 Å². The summed E-state index contributed by atoms with van der Waals surface area (Å²) in [6, 6.07) is 1.18. The highest BCUT2D eigenvalue weighted by Crippen LogP contribution is 2.31. The Morgan fingerprint density at radius 3 is 2.55 bits per heavy atom. The van der Waals surface area contributed by atoms with E-state index in [1.807, 2.05) is 0 Å². The fourth-order valence-electron chi connectivity index (χ4n) is 1.42. The lowest BCUT2D eigenvalue weighted by Gasteiger charge is -2.11. The molecule has 1 rings (SSSR count). The second-order valence-electron chi connectivity index (χ2n) is 3.97. The maximum Gasteiger partial charge on any atom is 0.416 e. The number of carbonyl (C=O) groups is 2. The van der Waals surface area contributed by atoms with Gasteiger partial charge in [-0.1, -0.05) is 0 Å². The number of hydrogen-bond acceptors (Lipinski definition) is 6. The van der Waals surface area contributed by atoms with E-state index in [0.29, 0.717) is 12.1 Å². The fraction of sp³-hybridized carbons (Fsp3) is 0.417. The van der Waals surface area contributed by atoms with Gasteiger partial charge >= 0.3 is 12.1 Å². The Kier molecular flexibility index (Phi) is 6.25. The van der Waals surface area contributed by atoms with Crippen LogP contribution in [0.4, 0.5) is 19.0 Å². The number of carbonyl (C=O) groups excluding carboxylic acids is 2. The smallest absolute Gasteiger partial charge is 0.416 e. The molecular weight excluding hydrogens is 307 g/mol. The first-order chi connectivity index (χ1) is 10.3. The first-order valence-electron chi connectivity index (χ1n) is 6.04. The number of nitrogens with zero attached hydrogens (tertiary/aromatic N) is 1. The molecule has 22 heavy (non-hydrogen) atoms. The average molecular weight is 321 g/mol. The van der Waals surface area contributed by atoms with Gasteiger partial charge in [0.05, 0.1) is 25.7 Å². The van der Waals surface area contributed by atoms with Gasteiger partial charge in [-0.05, 0) is 12.1 Å². The molecule has 1 amide bonds. The van der Waals surface area contributed by atoms with Crippen molar-refractivity contribution in [2.75, 3.05) is 26.1 Å².